The standard InChI is InChI=1S/C26H52O4SSi2/c1-10-11-12-13-14-18-25(28)31-20-16-15-17-23(30-33(8,9)26(2,3)4)22-24(27)29-19-21-32(5,6)7/h15,17,23H,10-14,16,18-22H2,1-9H3/t23-/m1/s1. The van der Waals surface area contributed by atoms with Crippen LogP contribution in [-0.4, -0.2) is 45.9 Å². The average Bonchev–Trinajstić information content (AvgIpc) is 2.65. The Bertz CT molecular complexity index is 592. The number of unbranched alkanes of at least 4 members (excludes halogenated alkanes) is 4. The fraction of sp³-hybridized carbons (Fsp3) is 0.846. The fourth-order valence-electron chi connectivity index (χ4n) is 2.83. The molecule has 0 aliphatic rings. The molecule has 0 aromatic heterocycles. The molecule has 4 nitrogen and oxygen atoms in total. The lowest BCUT2D eigenvalue weighted by Crippen LogP contribution is -2.44. The molecule has 0 saturated carbocycles. The smallest absolute Gasteiger partial charge is 0.308 e. The van der Waals surface area contributed by atoms with Crippen LogP contribution in [0.15, 0.2) is 12.2 Å². The number of esters is 1. The second kappa shape index (κ2) is 16.3. The van der Waals surface area contributed by atoms with Crippen LogP contribution in [0.25, 0.3) is 0 Å². The van der Waals surface area contributed by atoms with Crippen LogP contribution >= 0.6 is 11.8 Å². The van der Waals surface area contributed by atoms with E-state index in [1.165, 1.54) is 31.0 Å². The van der Waals surface area contributed by atoms with Gasteiger partial charge in [-0.3, -0.25) is 9.59 Å². The summed E-state index contributed by atoms with van der Waals surface area (Å²) in [5, 5.41) is 0.361. The Kier molecular flexibility index (Phi) is 16.1. The van der Waals surface area contributed by atoms with Crippen molar-refractivity contribution in [3.8, 4) is 0 Å². The summed E-state index contributed by atoms with van der Waals surface area (Å²) in [6, 6.07) is 0.978. The Morgan fingerprint density at radius 2 is 1.64 bits per heavy atom. The second-order valence-corrected chi connectivity index (χ2v) is 23.3. The first kappa shape index (κ1) is 32.6. The zero-order valence-electron chi connectivity index (χ0n) is 23.1. The SMILES string of the molecule is CCCCCCCC(=O)SCCC=C[C@H](CC(=O)OCC[Si](C)(C)C)O[Si](C)(C)C(C)(C)C. The number of allylic oxidation sites excluding steroid dienone is 1. The number of ether oxygens (including phenoxy) is 1. The Balaban J connectivity index is 4.65. The van der Waals surface area contributed by atoms with Crippen LogP contribution in [0.1, 0.15) is 79.1 Å². The molecular weight excluding hydrogens is 465 g/mol. The average molecular weight is 517 g/mol. The molecule has 0 unspecified atom stereocenters. The molecule has 0 aliphatic heterocycles. The summed E-state index contributed by atoms with van der Waals surface area (Å²) in [6.07, 6.45) is 11.4. The first-order valence-electron chi connectivity index (χ1n) is 12.8. The normalized spacial score (nSPS) is 14.0. The molecule has 0 radical (unpaired) electrons. The van der Waals surface area contributed by atoms with Gasteiger partial charge in [-0.15, -0.1) is 0 Å². The molecule has 33 heavy (non-hydrogen) atoms. The molecule has 0 fully saturated rings. The first-order chi connectivity index (χ1) is 15.2. The summed E-state index contributed by atoms with van der Waals surface area (Å²) < 4.78 is 12.0. The highest BCUT2D eigenvalue weighted by molar-refractivity contribution is 8.13. The maximum absolute atomic E-state index is 12.5. The van der Waals surface area contributed by atoms with Crippen LogP contribution in [0.5, 0.6) is 0 Å². The topological polar surface area (TPSA) is 52.6 Å². The lowest BCUT2D eigenvalue weighted by molar-refractivity contribution is -0.144. The van der Waals surface area contributed by atoms with E-state index in [-0.39, 0.29) is 23.5 Å². The lowest BCUT2D eigenvalue weighted by Gasteiger charge is -2.38. The highest BCUT2D eigenvalue weighted by Crippen LogP contribution is 2.37. The number of thioether (sulfide) groups is 1. The maximum Gasteiger partial charge on any atom is 0.308 e. The predicted molar refractivity (Wildman–Crippen MR) is 150 cm³/mol. The van der Waals surface area contributed by atoms with Gasteiger partial charge in [-0.25, -0.2) is 0 Å². The van der Waals surface area contributed by atoms with E-state index in [4.69, 9.17) is 9.16 Å². The van der Waals surface area contributed by atoms with Crippen molar-refractivity contribution in [2.45, 2.75) is 129 Å². The van der Waals surface area contributed by atoms with Gasteiger partial charge in [0.1, 0.15) is 0 Å². The lowest BCUT2D eigenvalue weighted by atomic mass is 10.1. The third-order valence-corrected chi connectivity index (χ3v) is 13.3. The third-order valence-electron chi connectivity index (χ3n) is 6.12. The molecule has 0 aromatic carbocycles. The minimum atomic E-state index is -2.02. The van der Waals surface area contributed by atoms with Gasteiger partial charge in [0.25, 0.3) is 0 Å². The van der Waals surface area contributed by atoms with Crippen LogP contribution < -0.4 is 0 Å². The van der Waals surface area contributed by atoms with E-state index in [1.54, 1.807) is 0 Å². The summed E-state index contributed by atoms with van der Waals surface area (Å²) in [6.45, 7) is 20.6. The summed E-state index contributed by atoms with van der Waals surface area (Å²) in [7, 11) is -3.25. The number of rotatable bonds is 17. The van der Waals surface area contributed by atoms with Crippen molar-refractivity contribution in [1.82, 2.24) is 0 Å². The molecule has 0 aromatic rings. The van der Waals surface area contributed by atoms with Crippen molar-refractivity contribution in [2.24, 2.45) is 0 Å². The van der Waals surface area contributed by atoms with Crippen LogP contribution in [0, 0.1) is 0 Å². The highest BCUT2D eigenvalue weighted by Gasteiger charge is 2.39. The second-order valence-electron chi connectivity index (χ2n) is 11.8. The molecule has 194 valence electrons. The zero-order valence-corrected chi connectivity index (χ0v) is 25.9. The molecule has 0 amide bonds. The molecule has 0 aliphatic carbocycles. The van der Waals surface area contributed by atoms with Gasteiger partial charge in [-0.2, -0.15) is 0 Å². The quantitative estimate of drug-likeness (QED) is 0.0843. The zero-order chi connectivity index (χ0) is 25.5. The molecule has 0 N–H and O–H groups in total. The molecule has 0 rings (SSSR count). The summed E-state index contributed by atoms with van der Waals surface area (Å²) in [5.74, 6) is 0.590. The van der Waals surface area contributed by atoms with Gasteiger partial charge < -0.3 is 9.16 Å². The van der Waals surface area contributed by atoms with Crippen LogP contribution in [0.3, 0.4) is 0 Å². The minimum absolute atomic E-state index is 0.0697. The van der Waals surface area contributed by atoms with E-state index >= 15 is 0 Å². The van der Waals surface area contributed by atoms with Gasteiger partial charge in [0, 0.05) is 20.2 Å². The fourth-order valence-corrected chi connectivity index (χ4v) is 5.59. The predicted octanol–water partition coefficient (Wildman–Crippen LogP) is 8.21. The summed E-state index contributed by atoms with van der Waals surface area (Å²) >= 11 is 1.43. The van der Waals surface area contributed by atoms with Crippen molar-refractivity contribution < 1.29 is 18.8 Å². The van der Waals surface area contributed by atoms with Crippen LogP contribution in [0.4, 0.5) is 0 Å². The third kappa shape index (κ3) is 17.7. The van der Waals surface area contributed by atoms with Crippen molar-refractivity contribution in [3.05, 3.63) is 12.2 Å². The minimum Gasteiger partial charge on any atom is -0.466 e. The van der Waals surface area contributed by atoms with E-state index in [9.17, 15) is 9.59 Å². The van der Waals surface area contributed by atoms with Crippen LogP contribution in [-0.2, 0) is 18.8 Å². The first-order valence-corrected chi connectivity index (χ1v) is 20.4. The van der Waals surface area contributed by atoms with Crippen molar-refractivity contribution in [3.63, 3.8) is 0 Å². The van der Waals surface area contributed by atoms with Gasteiger partial charge in [-0.05, 0) is 37.0 Å². The Morgan fingerprint density at radius 3 is 2.21 bits per heavy atom. The van der Waals surface area contributed by atoms with Gasteiger partial charge in [0.05, 0.1) is 19.1 Å². The summed E-state index contributed by atoms with van der Waals surface area (Å²) in [5.41, 5.74) is 0. The van der Waals surface area contributed by atoms with Gasteiger partial charge >= 0.3 is 5.97 Å². The van der Waals surface area contributed by atoms with Crippen molar-refractivity contribution in [2.75, 3.05) is 12.4 Å². The van der Waals surface area contributed by atoms with Gasteiger partial charge in [0.15, 0.2) is 13.4 Å². The molecular formula is C26H52O4SSi2. The van der Waals surface area contributed by atoms with E-state index in [0.717, 1.165) is 31.1 Å². The number of hydrogen-bond acceptors (Lipinski definition) is 5. The van der Waals surface area contributed by atoms with Crippen LogP contribution in [0.2, 0.25) is 43.8 Å². The van der Waals surface area contributed by atoms with Gasteiger partial charge in [0.2, 0.25) is 0 Å². The van der Waals surface area contributed by atoms with Crippen molar-refractivity contribution in [1.29, 1.82) is 0 Å². The number of carbonyl (C=O) groups is 2. The summed E-state index contributed by atoms with van der Waals surface area (Å²) in [4.78, 5) is 24.5. The number of carbonyl (C=O) groups excluding carboxylic acids is 2. The Hall–Kier alpha value is -0.376. The van der Waals surface area contributed by atoms with E-state index in [0.29, 0.717) is 18.1 Å². The van der Waals surface area contributed by atoms with Crippen molar-refractivity contribution >= 4 is 39.2 Å². The molecule has 0 heterocycles. The largest absolute Gasteiger partial charge is 0.466 e. The maximum atomic E-state index is 12.5. The molecule has 7 heteroatoms. The molecule has 0 bridgehead atoms. The van der Waals surface area contributed by atoms with Gasteiger partial charge in [-0.1, -0.05) is 96.9 Å². The molecule has 1 atom stereocenters. The Labute approximate surface area is 211 Å². The molecule has 0 spiro atoms. The van der Waals surface area contributed by atoms with E-state index in [2.05, 4.69) is 66.5 Å². The highest BCUT2D eigenvalue weighted by atomic mass is 32.2. The van der Waals surface area contributed by atoms with E-state index in [1.807, 2.05) is 6.08 Å². The number of hydrogen-bond donors (Lipinski definition) is 0. The monoisotopic (exact) mass is 516 g/mol. The van der Waals surface area contributed by atoms with E-state index < -0.39 is 16.4 Å². The molecule has 0 saturated heterocycles. The Morgan fingerprint density at radius 1 is 1.00 bits per heavy atom.